The molecule has 2 heterocycles. The van der Waals surface area contributed by atoms with Gasteiger partial charge in [-0.1, -0.05) is 41.1 Å². The van der Waals surface area contributed by atoms with Gasteiger partial charge in [0.05, 0.1) is 6.04 Å². The third kappa shape index (κ3) is 3.10. The molecule has 24 heavy (non-hydrogen) atoms. The summed E-state index contributed by atoms with van der Waals surface area (Å²) in [6.07, 6.45) is 2.50. The van der Waals surface area contributed by atoms with Gasteiger partial charge in [0.25, 0.3) is 0 Å². The molecule has 2 atom stereocenters. The van der Waals surface area contributed by atoms with Crippen molar-refractivity contribution in [1.29, 1.82) is 0 Å². The van der Waals surface area contributed by atoms with Gasteiger partial charge in [-0.05, 0) is 50.2 Å². The van der Waals surface area contributed by atoms with Crippen LogP contribution < -0.4 is 10.1 Å². The molecule has 3 nitrogen and oxygen atoms in total. The summed E-state index contributed by atoms with van der Waals surface area (Å²) in [5, 5.41) is 3.92. The number of nitrogens with one attached hydrogen (secondary N) is 1. The summed E-state index contributed by atoms with van der Waals surface area (Å²) in [5.41, 5.74) is 2.45. The highest BCUT2D eigenvalue weighted by molar-refractivity contribution is 9.10. The third-order valence-electron chi connectivity index (χ3n) is 5.09. The monoisotopic (exact) mass is 386 g/mol. The first-order valence-corrected chi connectivity index (χ1v) is 9.58. The molecule has 1 fully saturated rings. The minimum atomic E-state index is 0.184. The summed E-state index contributed by atoms with van der Waals surface area (Å²) >= 11 is 3.61. The number of para-hydroxylation sites is 1. The number of rotatable bonds is 3. The second kappa shape index (κ2) is 6.87. The van der Waals surface area contributed by atoms with E-state index < -0.39 is 0 Å². The lowest BCUT2D eigenvalue weighted by molar-refractivity contribution is 0.192. The first-order chi connectivity index (χ1) is 11.7. The van der Waals surface area contributed by atoms with E-state index in [4.69, 9.17) is 4.74 Å². The van der Waals surface area contributed by atoms with Gasteiger partial charge in [-0.15, -0.1) is 0 Å². The summed E-state index contributed by atoms with van der Waals surface area (Å²) in [4.78, 5) is 2.54. The van der Waals surface area contributed by atoms with Crippen molar-refractivity contribution >= 4 is 15.9 Å². The highest BCUT2D eigenvalue weighted by Crippen LogP contribution is 2.44. The van der Waals surface area contributed by atoms with Gasteiger partial charge < -0.3 is 15.0 Å². The second-order valence-electron chi connectivity index (χ2n) is 6.65. The van der Waals surface area contributed by atoms with Crippen molar-refractivity contribution in [2.75, 3.05) is 19.6 Å². The van der Waals surface area contributed by atoms with Crippen LogP contribution in [0.25, 0.3) is 0 Å². The second-order valence-corrected chi connectivity index (χ2v) is 7.57. The van der Waals surface area contributed by atoms with E-state index in [-0.39, 0.29) is 6.04 Å². The highest BCUT2D eigenvalue weighted by Gasteiger charge is 2.30. The van der Waals surface area contributed by atoms with Gasteiger partial charge in [0.15, 0.2) is 0 Å². The molecule has 0 spiro atoms. The number of likely N-dealkylation sites (tertiary alicyclic amines) is 1. The van der Waals surface area contributed by atoms with Crippen LogP contribution in [0.5, 0.6) is 11.5 Å². The van der Waals surface area contributed by atoms with E-state index in [2.05, 4.69) is 63.4 Å². The van der Waals surface area contributed by atoms with Crippen LogP contribution in [0, 0.1) is 0 Å². The molecule has 0 aromatic heterocycles. The molecule has 4 heteroatoms. The zero-order valence-electron chi connectivity index (χ0n) is 14.0. The summed E-state index contributed by atoms with van der Waals surface area (Å²) in [5.74, 6) is 1.92. The summed E-state index contributed by atoms with van der Waals surface area (Å²) in [6, 6.07) is 15.4. The zero-order chi connectivity index (χ0) is 16.5. The van der Waals surface area contributed by atoms with E-state index >= 15 is 0 Å². The van der Waals surface area contributed by atoms with E-state index in [1.807, 2.05) is 12.1 Å². The third-order valence-corrected chi connectivity index (χ3v) is 5.58. The van der Waals surface area contributed by atoms with Crippen molar-refractivity contribution in [3.05, 3.63) is 58.1 Å². The number of benzene rings is 2. The Bertz CT molecular complexity index is 733. The number of hydrogen-bond donors (Lipinski definition) is 1. The van der Waals surface area contributed by atoms with Crippen molar-refractivity contribution in [2.24, 2.45) is 0 Å². The van der Waals surface area contributed by atoms with Crippen LogP contribution in [-0.2, 0) is 0 Å². The molecule has 0 bridgehead atoms. The van der Waals surface area contributed by atoms with Crippen LogP contribution >= 0.6 is 15.9 Å². The van der Waals surface area contributed by atoms with E-state index in [1.165, 1.54) is 30.5 Å². The normalized spacial score (nSPS) is 23.2. The van der Waals surface area contributed by atoms with Gasteiger partial charge in [0.1, 0.15) is 11.5 Å². The number of nitrogens with zero attached hydrogens (tertiary/aromatic N) is 1. The average Bonchev–Trinajstić information content (AvgIpc) is 2.62. The molecule has 2 aromatic carbocycles. The number of fused-ring (bicyclic) bond motifs is 2. The minimum absolute atomic E-state index is 0.184. The molecule has 1 N–H and O–H groups in total. The van der Waals surface area contributed by atoms with Gasteiger partial charge >= 0.3 is 0 Å². The fraction of sp³-hybridized carbons (Fsp3) is 0.400. The van der Waals surface area contributed by atoms with Crippen LogP contribution in [-0.4, -0.2) is 30.6 Å². The molecule has 126 valence electrons. The molecule has 0 radical (unpaired) electrons. The maximum atomic E-state index is 6.12. The van der Waals surface area contributed by atoms with Crippen LogP contribution in [0.4, 0.5) is 0 Å². The lowest BCUT2D eigenvalue weighted by Gasteiger charge is -2.37. The van der Waals surface area contributed by atoms with Crippen LogP contribution in [0.3, 0.4) is 0 Å². The number of ether oxygens (including phenoxy) is 1. The van der Waals surface area contributed by atoms with Crippen molar-refractivity contribution in [1.82, 2.24) is 10.2 Å². The Labute approximate surface area is 152 Å². The Balaban J connectivity index is 1.67. The molecule has 2 aliphatic heterocycles. The van der Waals surface area contributed by atoms with Gasteiger partial charge in [-0.3, -0.25) is 0 Å². The van der Waals surface area contributed by atoms with E-state index in [0.717, 1.165) is 29.1 Å². The van der Waals surface area contributed by atoms with E-state index in [0.29, 0.717) is 6.04 Å². The molecule has 0 saturated carbocycles. The minimum Gasteiger partial charge on any atom is -0.457 e. The van der Waals surface area contributed by atoms with Gasteiger partial charge in [-0.25, -0.2) is 0 Å². The van der Waals surface area contributed by atoms with E-state index in [1.54, 1.807) is 0 Å². The molecule has 2 unspecified atom stereocenters. The van der Waals surface area contributed by atoms with Crippen molar-refractivity contribution in [3.8, 4) is 11.5 Å². The number of likely N-dealkylation sites (N-methyl/N-ethyl adjacent to an activating group) is 1. The van der Waals surface area contributed by atoms with E-state index in [9.17, 15) is 0 Å². The lowest BCUT2D eigenvalue weighted by Crippen LogP contribution is -2.47. The molecular formula is C20H23BrN2O. The predicted octanol–water partition coefficient (Wildman–Crippen LogP) is 4.72. The first-order valence-electron chi connectivity index (χ1n) is 8.79. The molecule has 0 aliphatic carbocycles. The van der Waals surface area contributed by atoms with Crippen molar-refractivity contribution < 1.29 is 4.74 Å². The molecule has 2 aromatic rings. The van der Waals surface area contributed by atoms with Crippen LogP contribution in [0.15, 0.2) is 46.9 Å². The SMILES string of the molecule is CCN1CCCC(NC2c3ccccc3Oc3ccc(Br)cc32)C1. The lowest BCUT2D eigenvalue weighted by atomic mass is 9.92. The fourth-order valence-corrected chi connectivity index (χ4v) is 4.21. The summed E-state index contributed by atoms with van der Waals surface area (Å²) in [7, 11) is 0. The molecular weight excluding hydrogens is 364 g/mol. The number of halogens is 1. The average molecular weight is 387 g/mol. The fourth-order valence-electron chi connectivity index (χ4n) is 3.83. The highest BCUT2D eigenvalue weighted by atomic mass is 79.9. The molecule has 1 saturated heterocycles. The Morgan fingerprint density at radius 1 is 1.17 bits per heavy atom. The quantitative estimate of drug-likeness (QED) is 0.825. The molecule has 4 rings (SSSR count). The smallest absolute Gasteiger partial charge is 0.132 e. The number of hydrogen-bond acceptors (Lipinski definition) is 3. The Morgan fingerprint density at radius 3 is 2.88 bits per heavy atom. The Kier molecular flexibility index (Phi) is 4.61. The number of piperidine rings is 1. The standard InChI is InChI=1S/C20H23BrN2O/c1-2-23-11-5-6-15(13-23)22-20-16-7-3-4-8-18(16)24-19-10-9-14(21)12-17(19)20/h3-4,7-10,12,15,20,22H,2,5-6,11,13H2,1H3. The van der Waals surface area contributed by atoms with Gasteiger partial charge in [-0.2, -0.15) is 0 Å². The van der Waals surface area contributed by atoms with Crippen LogP contribution in [0.1, 0.15) is 36.9 Å². The summed E-state index contributed by atoms with van der Waals surface area (Å²) in [6.45, 7) is 5.73. The largest absolute Gasteiger partial charge is 0.457 e. The Hall–Kier alpha value is -1.36. The maximum absolute atomic E-state index is 6.12. The maximum Gasteiger partial charge on any atom is 0.132 e. The topological polar surface area (TPSA) is 24.5 Å². The Morgan fingerprint density at radius 2 is 2.00 bits per heavy atom. The van der Waals surface area contributed by atoms with Crippen molar-refractivity contribution in [2.45, 2.75) is 31.8 Å². The van der Waals surface area contributed by atoms with Gasteiger partial charge in [0, 0.05) is 28.2 Å². The van der Waals surface area contributed by atoms with Crippen LogP contribution in [0.2, 0.25) is 0 Å². The van der Waals surface area contributed by atoms with Crippen molar-refractivity contribution in [3.63, 3.8) is 0 Å². The molecule has 2 aliphatic rings. The summed E-state index contributed by atoms with van der Waals surface area (Å²) < 4.78 is 7.22. The van der Waals surface area contributed by atoms with Gasteiger partial charge in [0.2, 0.25) is 0 Å². The predicted molar refractivity (Wildman–Crippen MR) is 101 cm³/mol. The zero-order valence-corrected chi connectivity index (χ0v) is 15.6. The molecule has 0 amide bonds. The first kappa shape index (κ1) is 16.1.